The predicted octanol–water partition coefficient (Wildman–Crippen LogP) is 0.829. The molecule has 7 nitrogen and oxygen atoms in total. The SMILES string of the molecule is NCc1cccc2c1CCCN2Cc1nnc2c(=O)[nH]ccn12. The number of nitrogens with two attached hydrogens (primary N) is 1. The molecule has 1 aliphatic rings. The van der Waals surface area contributed by atoms with Crippen LogP contribution in [0.1, 0.15) is 23.4 Å². The molecule has 1 aliphatic heterocycles. The number of nitrogens with one attached hydrogen (secondary N) is 1. The molecule has 4 rings (SSSR count). The van der Waals surface area contributed by atoms with Crippen molar-refractivity contribution in [2.24, 2.45) is 5.73 Å². The molecule has 3 heterocycles. The molecule has 0 amide bonds. The zero-order valence-corrected chi connectivity index (χ0v) is 12.7. The number of benzene rings is 1. The minimum atomic E-state index is -0.226. The lowest BCUT2D eigenvalue weighted by Gasteiger charge is -2.32. The van der Waals surface area contributed by atoms with Crippen LogP contribution in [0.2, 0.25) is 0 Å². The molecule has 2 aromatic heterocycles. The van der Waals surface area contributed by atoms with Crippen LogP contribution in [0, 0.1) is 0 Å². The van der Waals surface area contributed by atoms with Gasteiger partial charge in [-0.1, -0.05) is 12.1 Å². The van der Waals surface area contributed by atoms with Crippen LogP contribution in [0.25, 0.3) is 5.65 Å². The van der Waals surface area contributed by atoms with Crippen molar-refractivity contribution in [1.82, 2.24) is 19.6 Å². The summed E-state index contributed by atoms with van der Waals surface area (Å²) >= 11 is 0. The molecule has 3 aromatic rings. The Balaban J connectivity index is 1.73. The first-order chi connectivity index (χ1) is 11.3. The van der Waals surface area contributed by atoms with Crippen molar-refractivity contribution in [3.8, 4) is 0 Å². The van der Waals surface area contributed by atoms with Gasteiger partial charge in [0.05, 0.1) is 6.54 Å². The van der Waals surface area contributed by atoms with Crippen molar-refractivity contribution < 1.29 is 0 Å². The fraction of sp³-hybridized carbons (Fsp3) is 0.312. The molecule has 3 N–H and O–H groups in total. The minimum Gasteiger partial charge on any atom is -0.364 e. The number of nitrogens with zero attached hydrogens (tertiary/aromatic N) is 4. The molecule has 1 aromatic carbocycles. The fourth-order valence-electron chi connectivity index (χ4n) is 3.29. The highest BCUT2D eigenvalue weighted by molar-refractivity contribution is 5.58. The molecular formula is C16H18N6O. The number of fused-ring (bicyclic) bond motifs is 2. The van der Waals surface area contributed by atoms with Gasteiger partial charge in [0.1, 0.15) is 0 Å². The Kier molecular flexibility index (Phi) is 3.34. The van der Waals surface area contributed by atoms with Gasteiger partial charge in [-0.2, -0.15) is 0 Å². The number of anilines is 1. The zero-order chi connectivity index (χ0) is 15.8. The first-order valence-corrected chi connectivity index (χ1v) is 7.75. The second-order valence-electron chi connectivity index (χ2n) is 5.74. The summed E-state index contributed by atoms with van der Waals surface area (Å²) in [7, 11) is 0. The third kappa shape index (κ3) is 2.29. The van der Waals surface area contributed by atoms with E-state index in [-0.39, 0.29) is 5.56 Å². The Labute approximate surface area is 132 Å². The van der Waals surface area contributed by atoms with Gasteiger partial charge in [-0.25, -0.2) is 0 Å². The molecule has 7 heteroatoms. The number of aromatic nitrogens is 4. The molecule has 0 saturated carbocycles. The molecule has 0 spiro atoms. The van der Waals surface area contributed by atoms with Gasteiger partial charge >= 0.3 is 0 Å². The number of hydrogen-bond donors (Lipinski definition) is 2. The Morgan fingerprint density at radius 2 is 2.22 bits per heavy atom. The lowest BCUT2D eigenvalue weighted by molar-refractivity contribution is 0.665. The summed E-state index contributed by atoms with van der Waals surface area (Å²) in [5.74, 6) is 0.761. The van der Waals surface area contributed by atoms with Crippen molar-refractivity contribution in [3.05, 3.63) is 57.9 Å². The highest BCUT2D eigenvalue weighted by Crippen LogP contribution is 2.30. The average molecular weight is 310 g/mol. The summed E-state index contributed by atoms with van der Waals surface area (Å²) in [6, 6.07) is 6.27. The second kappa shape index (κ2) is 5.51. The molecular weight excluding hydrogens is 292 g/mol. The predicted molar refractivity (Wildman–Crippen MR) is 87.3 cm³/mol. The van der Waals surface area contributed by atoms with E-state index in [1.165, 1.54) is 16.8 Å². The molecule has 0 fully saturated rings. The first-order valence-electron chi connectivity index (χ1n) is 7.75. The van der Waals surface area contributed by atoms with E-state index in [0.29, 0.717) is 18.7 Å². The molecule has 0 bridgehead atoms. The number of hydrogen-bond acceptors (Lipinski definition) is 5. The summed E-state index contributed by atoms with van der Waals surface area (Å²) in [5, 5.41) is 8.19. The quantitative estimate of drug-likeness (QED) is 0.747. The maximum Gasteiger partial charge on any atom is 0.293 e. The van der Waals surface area contributed by atoms with E-state index >= 15 is 0 Å². The molecule has 0 radical (unpaired) electrons. The summed E-state index contributed by atoms with van der Waals surface area (Å²) in [6.07, 6.45) is 5.53. The molecule has 0 saturated heterocycles. The molecule has 0 unspecified atom stereocenters. The molecule has 0 aliphatic carbocycles. The van der Waals surface area contributed by atoms with E-state index in [0.717, 1.165) is 25.2 Å². The smallest absolute Gasteiger partial charge is 0.293 e. The van der Waals surface area contributed by atoms with Crippen LogP contribution < -0.4 is 16.2 Å². The van der Waals surface area contributed by atoms with Crippen LogP contribution in [0.4, 0.5) is 5.69 Å². The van der Waals surface area contributed by atoms with E-state index in [2.05, 4.69) is 32.2 Å². The van der Waals surface area contributed by atoms with Crippen molar-refractivity contribution in [2.75, 3.05) is 11.4 Å². The standard InChI is InChI=1S/C16H18N6O/c17-9-11-3-1-5-13-12(11)4-2-7-21(13)10-14-19-20-15-16(23)18-6-8-22(14)15/h1,3,5-6,8H,2,4,7,9-10,17H2,(H,18,23). The van der Waals surface area contributed by atoms with Crippen LogP contribution in [0.15, 0.2) is 35.4 Å². The van der Waals surface area contributed by atoms with Crippen molar-refractivity contribution in [2.45, 2.75) is 25.9 Å². The highest BCUT2D eigenvalue weighted by atomic mass is 16.1. The third-order valence-corrected chi connectivity index (χ3v) is 4.40. The number of rotatable bonds is 3. The Bertz CT molecular complexity index is 912. The molecule has 23 heavy (non-hydrogen) atoms. The maximum atomic E-state index is 11.8. The van der Waals surface area contributed by atoms with Crippen LogP contribution in [0.3, 0.4) is 0 Å². The van der Waals surface area contributed by atoms with E-state index < -0.39 is 0 Å². The van der Waals surface area contributed by atoms with E-state index in [1.54, 1.807) is 16.8 Å². The zero-order valence-electron chi connectivity index (χ0n) is 12.7. The highest BCUT2D eigenvalue weighted by Gasteiger charge is 2.21. The molecule has 0 atom stereocenters. The van der Waals surface area contributed by atoms with Crippen LogP contribution in [0.5, 0.6) is 0 Å². The lowest BCUT2D eigenvalue weighted by atomic mass is 9.96. The summed E-state index contributed by atoms with van der Waals surface area (Å²) < 4.78 is 1.75. The average Bonchev–Trinajstić information content (AvgIpc) is 2.99. The minimum absolute atomic E-state index is 0.226. The maximum absolute atomic E-state index is 11.8. The van der Waals surface area contributed by atoms with Gasteiger partial charge in [-0.05, 0) is 30.0 Å². The normalized spacial score (nSPS) is 14.2. The summed E-state index contributed by atoms with van der Waals surface area (Å²) in [4.78, 5) is 16.7. The third-order valence-electron chi connectivity index (χ3n) is 4.40. The molecule has 118 valence electrons. The largest absolute Gasteiger partial charge is 0.364 e. The van der Waals surface area contributed by atoms with E-state index in [1.807, 2.05) is 6.07 Å². The van der Waals surface area contributed by atoms with Gasteiger partial charge in [-0.3, -0.25) is 9.20 Å². The Hall–Kier alpha value is -2.67. The van der Waals surface area contributed by atoms with E-state index in [9.17, 15) is 4.79 Å². The van der Waals surface area contributed by atoms with Gasteiger partial charge in [0.2, 0.25) is 5.65 Å². The van der Waals surface area contributed by atoms with Crippen LogP contribution >= 0.6 is 0 Å². The van der Waals surface area contributed by atoms with Gasteiger partial charge in [-0.15, -0.1) is 10.2 Å². The van der Waals surface area contributed by atoms with E-state index in [4.69, 9.17) is 5.73 Å². The Morgan fingerprint density at radius 1 is 1.30 bits per heavy atom. The van der Waals surface area contributed by atoms with Crippen LogP contribution in [-0.4, -0.2) is 26.1 Å². The topological polar surface area (TPSA) is 92.3 Å². The number of aromatic amines is 1. The van der Waals surface area contributed by atoms with Crippen molar-refractivity contribution in [3.63, 3.8) is 0 Å². The first kappa shape index (κ1) is 14.0. The van der Waals surface area contributed by atoms with Gasteiger partial charge < -0.3 is 15.6 Å². The Morgan fingerprint density at radius 3 is 3.09 bits per heavy atom. The summed E-state index contributed by atoms with van der Waals surface area (Å²) in [6.45, 7) is 2.13. The monoisotopic (exact) mass is 310 g/mol. The van der Waals surface area contributed by atoms with Crippen molar-refractivity contribution in [1.29, 1.82) is 0 Å². The van der Waals surface area contributed by atoms with Crippen LogP contribution in [-0.2, 0) is 19.5 Å². The van der Waals surface area contributed by atoms with Gasteiger partial charge in [0, 0.05) is 31.2 Å². The van der Waals surface area contributed by atoms with Crippen molar-refractivity contribution >= 4 is 11.3 Å². The fourth-order valence-corrected chi connectivity index (χ4v) is 3.29. The lowest BCUT2D eigenvalue weighted by Crippen LogP contribution is -2.30. The summed E-state index contributed by atoms with van der Waals surface area (Å²) in [5.41, 5.74) is 9.71. The number of H-pyrrole nitrogens is 1. The second-order valence-corrected chi connectivity index (χ2v) is 5.74. The van der Waals surface area contributed by atoms with Gasteiger partial charge in [0.15, 0.2) is 5.82 Å². The van der Waals surface area contributed by atoms with Gasteiger partial charge in [0.25, 0.3) is 5.56 Å².